The first-order valence-electron chi connectivity index (χ1n) is 21.2. The number of aryl methyl sites for hydroxylation is 2. The standard InChI is InChI=1S/C25H18ClN5O3.C20H16N4O3S.C6H6ClN.2CH4/c1-29-22-20(21(28-24(29)33)27-17-14-12-16(26)13-15-17)23(32)31(19-10-6-3-7-11-19)25(34)30(22)18-8-4-2-5-9-18;1-22-17-15(16(28-2)21-19(22)26)18(25)24(14-11-7-4-8-12-14)20(27)23(17)13-9-5-3-6-10-13;7-5-1-3-6(8)4-2-5;;/h2-15H,1H3,(H,27,28,33);3-12H,1-2H3;1-4H,8H2;2*1H4. The molecule has 72 heavy (non-hydrogen) atoms. The average Bonchev–Trinajstić information content (AvgIpc) is 3.37. The van der Waals surface area contributed by atoms with Crippen LogP contribution in [0.2, 0.25) is 10.0 Å². The summed E-state index contributed by atoms with van der Waals surface area (Å²) in [5, 5.41) is 4.91. The minimum atomic E-state index is -0.620. The number of halogens is 2. The van der Waals surface area contributed by atoms with Crippen LogP contribution in [0, 0.1) is 0 Å². The van der Waals surface area contributed by atoms with Gasteiger partial charge in [-0.25, -0.2) is 37.4 Å². The fourth-order valence-corrected chi connectivity index (χ4v) is 8.25. The molecule has 0 atom stereocenters. The number of nitrogen functional groups attached to an aromatic ring is 1. The van der Waals surface area contributed by atoms with Gasteiger partial charge in [-0.3, -0.25) is 18.7 Å². The fourth-order valence-electron chi connectivity index (χ4n) is 7.45. The Bertz CT molecular complexity index is 3880. The summed E-state index contributed by atoms with van der Waals surface area (Å²) in [6.45, 7) is 0. The van der Waals surface area contributed by atoms with Crippen molar-refractivity contribution in [3.05, 3.63) is 243 Å². The van der Waals surface area contributed by atoms with E-state index in [1.165, 1.54) is 44.1 Å². The second-order valence-corrected chi connectivity index (χ2v) is 16.9. The molecule has 3 N–H and O–H groups in total. The third-order valence-electron chi connectivity index (χ3n) is 10.8. The molecular formula is C53H48Cl2N10O6S. The highest BCUT2D eigenvalue weighted by atomic mass is 35.5. The largest absolute Gasteiger partial charge is 0.399 e. The third kappa shape index (κ3) is 10.6. The van der Waals surface area contributed by atoms with Crippen LogP contribution in [0.25, 0.3) is 44.8 Å². The van der Waals surface area contributed by atoms with Gasteiger partial charge in [-0.1, -0.05) is 111 Å². The van der Waals surface area contributed by atoms with Gasteiger partial charge in [-0.05, 0) is 103 Å². The molecule has 0 unspecified atom stereocenters. The van der Waals surface area contributed by atoms with Gasteiger partial charge in [0.1, 0.15) is 27.1 Å². The average molecular weight is 1020 g/mol. The molecule has 0 saturated carbocycles. The molecule has 0 saturated heterocycles. The van der Waals surface area contributed by atoms with Crippen molar-refractivity contribution in [2.24, 2.45) is 14.1 Å². The van der Waals surface area contributed by atoms with Crippen molar-refractivity contribution < 1.29 is 0 Å². The van der Waals surface area contributed by atoms with Gasteiger partial charge < -0.3 is 11.1 Å². The maximum Gasteiger partial charge on any atom is 0.350 e. The number of nitrogens with one attached hydrogen (secondary N) is 1. The van der Waals surface area contributed by atoms with Gasteiger partial charge in [0.25, 0.3) is 11.1 Å². The summed E-state index contributed by atoms with van der Waals surface area (Å²) in [6, 6.07) is 48.9. The number of aromatic nitrogens is 8. The van der Waals surface area contributed by atoms with Crippen LogP contribution in [0.5, 0.6) is 0 Å². The summed E-state index contributed by atoms with van der Waals surface area (Å²) in [4.78, 5) is 87.7. The second-order valence-electron chi connectivity index (χ2n) is 15.2. The first kappa shape index (κ1) is 52.9. The van der Waals surface area contributed by atoms with E-state index in [9.17, 15) is 28.8 Å². The molecule has 4 aromatic heterocycles. The lowest BCUT2D eigenvalue weighted by Crippen LogP contribution is -2.41. The summed E-state index contributed by atoms with van der Waals surface area (Å²) in [7, 11) is 2.99. The van der Waals surface area contributed by atoms with Gasteiger partial charge >= 0.3 is 22.8 Å². The van der Waals surface area contributed by atoms with Crippen LogP contribution < -0.4 is 44.9 Å². The topological polar surface area (TPSA) is 196 Å². The Balaban J connectivity index is 0.000000201. The van der Waals surface area contributed by atoms with Gasteiger partial charge in [0.15, 0.2) is 5.82 Å². The Kier molecular flexibility index (Phi) is 16.8. The van der Waals surface area contributed by atoms with Gasteiger partial charge in [-0.2, -0.15) is 9.97 Å². The SMILES string of the molecule is C.C.CSc1nc(=O)n(C)c2c1c(=O)n(-c1ccccc1)c(=O)n2-c1ccccc1.Cn1c(=O)nc(Nc2ccc(Cl)cc2)c2c(=O)n(-c3ccccc3)c(=O)n(-c3ccccc3)c21.Nc1ccc(Cl)cc1. The number of thioether (sulfide) groups is 1. The molecule has 0 radical (unpaired) electrons. The number of benzene rings is 6. The highest BCUT2D eigenvalue weighted by molar-refractivity contribution is 7.98. The molecule has 10 rings (SSSR count). The zero-order valence-electron chi connectivity index (χ0n) is 37.4. The second kappa shape index (κ2) is 22.9. The van der Waals surface area contributed by atoms with Crippen LogP contribution in [-0.2, 0) is 14.1 Å². The van der Waals surface area contributed by atoms with Crippen LogP contribution in [0.4, 0.5) is 17.2 Å². The van der Waals surface area contributed by atoms with E-state index < -0.39 is 33.9 Å². The van der Waals surface area contributed by atoms with E-state index in [-0.39, 0.29) is 47.8 Å². The van der Waals surface area contributed by atoms with E-state index in [0.717, 1.165) is 19.8 Å². The molecule has 0 aliphatic carbocycles. The number of para-hydroxylation sites is 4. The molecule has 16 nitrogen and oxygen atoms in total. The lowest BCUT2D eigenvalue weighted by atomic mass is 10.2. The molecule has 0 aliphatic rings. The lowest BCUT2D eigenvalue weighted by Gasteiger charge is -2.18. The van der Waals surface area contributed by atoms with Crippen molar-refractivity contribution in [2.75, 3.05) is 17.3 Å². The Morgan fingerprint density at radius 2 is 0.819 bits per heavy atom. The third-order valence-corrected chi connectivity index (χ3v) is 11.9. The molecule has 0 aliphatic heterocycles. The van der Waals surface area contributed by atoms with Crippen LogP contribution in [0.3, 0.4) is 0 Å². The van der Waals surface area contributed by atoms with Crippen molar-refractivity contribution >= 4 is 74.2 Å². The van der Waals surface area contributed by atoms with E-state index in [4.69, 9.17) is 28.9 Å². The fraction of sp³-hybridized carbons (Fsp3) is 0.0943. The number of hydrogen-bond donors (Lipinski definition) is 2. The Labute approximate surface area is 426 Å². The quantitative estimate of drug-likeness (QED) is 0.0880. The lowest BCUT2D eigenvalue weighted by molar-refractivity contribution is 0.749. The molecule has 10 aromatic rings. The molecule has 6 aromatic carbocycles. The van der Waals surface area contributed by atoms with Crippen molar-refractivity contribution in [1.82, 2.24) is 37.4 Å². The van der Waals surface area contributed by atoms with E-state index in [0.29, 0.717) is 33.5 Å². The Morgan fingerprint density at radius 3 is 1.21 bits per heavy atom. The van der Waals surface area contributed by atoms with Crippen molar-refractivity contribution in [3.8, 4) is 22.7 Å². The normalized spacial score (nSPS) is 10.5. The van der Waals surface area contributed by atoms with Gasteiger partial charge in [0, 0.05) is 35.5 Å². The molecule has 19 heteroatoms. The monoisotopic (exact) mass is 1020 g/mol. The first-order valence-corrected chi connectivity index (χ1v) is 23.1. The Hall–Kier alpha value is -8.51. The maximum atomic E-state index is 13.8. The smallest absolute Gasteiger partial charge is 0.350 e. The van der Waals surface area contributed by atoms with Gasteiger partial charge in [-0.15, -0.1) is 11.8 Å². The van der Waals surface area contributed by atoms with E-state index in [1.54, 1.807) is 158 Å². The summed E-state index contributed by atoms with van der Waals surface area (Å²) in [6.07, 6.45) is 1.74. The highest BCUT2D eigenvalue weighted by Crippen LogP contribution is 2.24. The van der Waals surface area contributed by atoms with Gasteiger partial charge in [0.2, 0.25) is 0 Å². The van der Waals surface area contributed by atoms with Crippen LogP contribution in [-0.4, -0.2) is 43.6 Å². The summed E-state index contributed by atoms with van der Waals surface area (Å²) in [5.41, 5.74) is 5.53. The number of hydrogen-bond acceptors (Lipinski definition) is 11. The minimum Gasteiger partial charge on any atom is -0.399 e. The van der Waals surface area contributed by atoms with Crippen molar-refractivity contribution in [3.63, 3.8) is 0 Å². The van der Waals surface area contributed by atoms with Crippen LogP contribution >= 0.6 is 35.0 Å². The maximum absolute atomic E-state index is 13.8. The molecule has 366 valence electrons. The minimum absolute atomic E-state index is 0. The van der Waals surface area contributed by atoms with Crippen LogP contribution in [0.1, 0.15) is 14.9 Å². The predicted octanol–water partition coefficient (Wildman–Crippen LogP) is 8.78. The number of rotatable bonds is 7. The highest BCUT2D eigenvalue weighted by Gasteiger charge is 2.24. The first-order chi connectivity index (χ1) is 33.8. The molecule has 0 fully saturated rings. The van der Waals surface area contributed by atoms with E-state index in [1.807, 2.05) is 18.2 Å². The Morgan fingerprint density at radius 1 is 0.472 bits per heavy atom. The van der Waals surface area contributed by atoms with Crippen molar-refractivity contribution in [1.29, 1.82) is 0 Å². The number of nitrogens with two attached hydrogens (primary N) is 1. The van der Waals surface area contributed by atoms with E-state index in [2.05, 4.69) is 15.3 Å². The number of anilines is 3. The van der Waals surface area contributed by atoms with E-state index >= 15 is 0 Å². The predicted molar refractivity (Wildman–Crippen MR) is 292 cm³/mol. The zero-order chi connectivity index (χ0) is 49.6. The molecule has 0 amide bonds. The molecule has 0 bridgehead atoms. The number of fused-ring (bicyclic) bond motifs is 2. The van der Waals surface area contributed by atoms with Crippen molar-refractivity contribution in [2.45, 2.75) is 19.9 Å². The van der Waals surface area contributed by atoms with Gasteiger partial charge in [0.05, 0.1) is 22.7 Å². The molecule has 0 spiro atoms. The summed E-state index contributed by atoms with van der Waals surface area (Å²) in [5.74, 6) is 0.0415. The summed E-state index contributed by atoms with van der Waals surface area (Å²) >= 11 is 12.7. The van der Waals surface area contributed by atoms with Crippen LogP contribution in [0.15, 0.2) is 204 Å². The number of nitrogens with zero attached hydrogens (tertiary/aromatic N) is 8. The zero-order valence-corrected chi connectivity index (χ0v) is 39.8. The molecular weight excluding hydrogens is 976 g/mol. The summed E-state index contributed by atoms with van der Waals surface area (Å²) < 4.78 is 7.36. The molecule has 4 heterocycles.